The molecule has 0 spiro atoms. The van der Waals surface area contributed by atoms with Crippen molar-refractivity contribution in [1.82, 2.24) is 0 Å². The molecule has 1 amide bonds. The lowest BCUT2D eigenvalue weighted by molar-refractivity contribution is 0.102. The third kappa shape index (κ3) is 2.94. The van der Waals surface area contributed by atoms with Crippen LogP contribution in [0.5, 0.6) is 5.75 Å². The van der Waals surface area contributed by atoms with Crippen LogP contribution in [-0.4, -0.2) is 13.0 Å². The fraction of sp³-hybridized carbons (Fsp3) is 0.0625. The van der Waals surface area contributed by atoms with E-state index in [1.165, 1.54) is 4.70 Å². The number of thiophene rings is 1. The molecule has 21 heavy (non-hydrogen) atoms. The molecule has 0 atom stereocenters. The average molecular weight is 362 g/mol. The Balaban J connectivity index is 1.88. The molecule has 0 bridgehead atoms. The molecule has 0 unspecified atom stereocenters. The lowest BCUT2D eigenvalue weighted by atomic mass is 10.1. The maximum Gasteiger partial charge on any atom is 0.259 e. The van der Waals surface area contributed by atoms with Gasteiger partial charge in [0.05, 0.1) is 12.7 Å². The number of carbonyl (C=O) groups excluding carboxylic acids is 1. The summed E-state index contributed by atoms with van der Waals surface area (Å²) >= 11 is 5.05. The summed E-state index contributed by atoms with van der Waals surface area (Å²) in [6, 6.07) is 13.2. The molecule has 106 valence electrons. The third-order valence-corrected chi connectivity index (χ3v) is 4.51. The van der Waals surface area contributed by atoms with Gasteiger partial charge in [-0.15, -0.1) is 11.3 Å². The van der Waals surface area contributed by atoms with Gasteiger partial charge in [0.1, 0.15) is 5.75 Å². The first-order valence-electron chi connectivity index (χ1n) is 6.29. The highest BCUT2D eigenvalue weighted by Gasteiger charge is 2.13. The molecule has 0 aliphatic heterocycles. The van der Waals surface area contributed by atoms with Gasteiger partial charge < -0.3 is 10.1 Å². The van der Waals surface area contributed by atoms with Crippen LogP contribution in [0.4, 0.5) is 5.69 Å². The van der Waals surface area contributed by atoms with Crippen molar-refractivity contribution < 1.29 is 9.53 Å². The largest absolute Gasteiger partial charge is 0.496 e. The number of amides is 1. The monoisotopic (exact) mass is 361 g/mol. The Morgan fingerprint density at radius 2 is 2.05 bits per heavy atom. The zero-order valence-corrected chi connectivity index (χ0v) is 13.6. The summed E-state index contributed by atoms with van der Waals surface area (Å²) in [4.78, 5) is 12.4. The first kappa shape index (κ1) is 14.1. The van der Waals surface area contributed by atoms with Gasteiger partial charge in [0, 0.05) is 14.9 Å². The highest BCUT2D eigenvalue weighted by atomic mass is 79.9. The Kier molecular flexibility index (Phi) is 3.94. The lowest BCUT2D eigenvalue weighted by Crippen LogP contribution is -2.13. The van der Waals surface area contributed by atoms with Gasteiger partial charge in [-0.25, -0.2) is 0 Å². The first-order chi connectivity index (χ1) is 10.2. The van der Waals surface area contributed by atoms with Crippen molar-refractivity contribution in [3.8, 4) is 5.75 Å². The van der Waals surface area contributed by atoms with Gasteiger partial charge in [-0.3, -0.25) is 4.79 Å². The standard InChI is InChI=1S/C16H12BrNO2S/c1-20-14-9-11(17)2-4-13(14)16(19)18-12-3-5-15-10(8-12)6-7-21-15/h2-9H,1H3,(H,18,19). The zero-order valence-electron chi connectivity index (χ0n) is 11.2. The van der Waals surface area contributed by atoms with Crippen LogP contribution in [0.2, 0.25) is 0 Å². The van der Waals surface area contributed by atoms with Gasteiger partial charge in [-0.05, 0) is 53.2 Å². The number of carbonyl (C=O) groups is 1. The topological polar surface area (TPSA) is 38.3 Å². The van der Waals surface area contributed by atoms with Crippen LogP contribution < -0.4 is 10.1 Å². The predicted octanol–water partition coefficient (Wildman–Crippen LogP) is 4.92. The molecular weight excluding hydrogens is 350 g/mol. The molecule has 1 aromatic heterocycles. The van der Waals surface area contributed by atoms with Crippen LogP contribution in [0.1, 0.15) is 10.4 Å². The normalized spacial score (nSPS) is 10.6. The summed E-state index contributed by atoms with van der Waals surface area (Å²) in [7, 11) is 1.55. The summed E-state index contributed by atoms with van der Waals surface area (Å²) in [5, 5.41) is 6.07. The zero-order chi connectivity index (χ0) is 14.8. The minimum atomic E-state index is -0.186. The van der Waals surface area contributed by atoms with E-state index in [0.717, 1.165) is 15.5 Å². The minimum absolute atomic E-state index is 0.186. The van der Waals surface area contributed by atoms with Gasteiger partial charge >= 0.3 is 0 Å². The third-order valence-electron chi connectivity index (χ3n) is 3.12. The average Bonchev–Trinajstić information content (AvgIpc) is 2.94. The number of hydrogen-bond acceptors (Lipinski definition) is 3. The van der Waals surface area contributed by atoms with Gasteiger partial charge in [0.25, 0.3) is 5.91 Å². The maximum atomic E-state index is 12.4. The molecule has 0 aliphatic rings. The summed E-state index contributed by atoms with van der Waals surface area (Å²) in [5.41, 5.74) is 1.28. The van der Waals surface area contributed by atoms with Gasteiger partial charge in [-0.1, -0.05) is 15.9 Å². The molecular formula is C16H12BrNO2S. The van der Waals surface area contributed by atoms with Gasteiger partial charge in [-0.2, -0.15) is 0 Å². The van der Waals surface area contributed by atoms with Crippen LogP contribution in [0.15, 0.2) is 52.3 Å². The Hall–Kier alpha value is -1.85. The van der Waals surface area contributed by atoms with Crippen molar-refractivity contribution in [2.45, 2.75) is 0 Å². The Morgan fingerprint density at radius 3 is 2.86 bits per heavy atom. The number of nitrogens with one attached hydrogen (secondary N) is 1. The second-order valence-corrected chi connectivity index (χ2v) is 6.34. The molecule has 5 heteroatoms. The summed E-state index contributed by atoms with van der Waals surface area (Å²) < 4.78 is 7.33. The number of benzene rings is 2. The molecule has 0 saturated carbocycles. The highest BCUT2D eigenvalue weighted by Crippen LogP contribution is 2.26. The first-order valence-corrected chi connectivity index (χ1v) is 7.97. The highest BCUT2D eigenvalue weighted by molar-refractivity contribution is 9.10. The van der Waals surface area contributed by atoms with E-state index >= 15 is 0 Å². The minimum Gasteiger partial charge on any atom is -0.496 e. The molecule has 0 saturated heterocycles. The Morgan fingerprint density at radius 1 is 1.19 bits per heavy atom. The van der Waals surface area contributed by atoms with Crippen LogP contribution in [-0.2, 0) is 0 Å². The molecule has 0 radical (unpaired) electrons. The lowest BCUT2D eigenvalue weighted by Gasteiger charge is -2.10. The quantitative estimate of drug-likeness (QED) is 0.718. The molecule has 0 fully saturated rings. The fourth-order valence-electron chi connectivity index (χ4n) is 2.10. The number of halogens is 1. The van der Waals surface area contributed by atoms with Crippen molar-refractivity contribution >= 4 is 48.9 Å². The summed E-state index contributed by atoms with van der Waals surface area (Å²) in [6.45, 7) is 0. The van der Waals surface area contributed by atoms with Crippen LogP contribution >= 0.6 is 27.3 Å². The molecule has 1 N–H and O–H groups in total. The van der Waals surface area contributed by atoms with Crippen molar-refractivity contribution in [2.24, 2.45) is 0 Å². The number of ether oxygens (including phenoxy) is 1. The SMILES string of the molecule is COc1cc(Br)ccc1C(=O)Nc1ccc2sccc2c1. The second-order valence-electron chi connectivity index (χ2n) is 4.47. The predicted molar refractivity (Wildman–Crippen MR) is 90.5 cm³/mol. The molecule has 3 nitrogen and oxygen atoms in total. The van der Waals surface area contributed by atoms with Crippen molar-refractivity contribution in [3.63, 3.8) is 0 Å². The number of methoxy groups -OCH3 is 1. The second kappa shape index (κ2) is 5.87. The van der Waals surface area contributed by atoms with Crippen molar-refractivity contribution in [1.29, 1.82) is 0 Å². The van der Waals surface area contributed by atoms with E-state index in [0.29, 0.717) is 11.3 Å². The van der Waals surface area contributed by atoms with E-state index in [1.807, 2.05) is 35.7 Å². The Labute approximate surface area is 134 Å². The Bertz CT molecular complexity index is 813. The molecule has 1 heterocycles. The molecule has 3 aromatic rings. The van der Waals surface area contributed by atoms with Gasteiger partial charge in [0.15, 0.2) is 0 Å². The maximum absolute atomic E-state index is 12.4. The van der Waals surface area contributed by atoms with E-state index in [1.54, 1.807) is 30.6 Å². The number of rotatable bonds is 3. The molecule has 2 aromatic carbocycles. The molecule has 3 rings (SSSR count). The number of hydrogen-bond donors (Lipinski definition) is 1. The number of anilines is 1. The van der Waals surface area contributed by atoms with Crippen LogP contribution in [0.3, 0.4) is 0 Å². The van der Waals surface area contributed by atoms with Gasteiger partial charge in [0.2, 0.25) is 0 Å². The van der Waals surface area contributed by atoms with Crippen LogP contribution in [0.25, 0.3) is 10.1 Å². The van der Waals surface area contributed by atoms with E-state index in [4.69, 9.17) is 4.74 Å². The smallest absolute Gasteiger partial charge is 0.259 e. The van der Waals surface area contributed by atoms with Crippen LogP contribution in [0, 0.1) is 0 Å². The van der Waals surface area contributed by atoms with Crippen molar-refractivity contribution in [3.05, 3.63) is 57.9 Å². The van der Waals surface area contributed by atoms with E-state index in [2.05, 4.69) is 21.2 Å². The molecule has 0 aliphatic carbocycles. The van der Waals surface area contributed by atoms with E-state index in [-0.39, 0.29) is 5.91 Å². The number of fused-ring (bicyclic) bond motifs is 1. The van der Waals surface area contributed by atoms with Crippen molar-refractivity contribution in [2.75, 3.05) is 12.4 Å². The summed E-state index contributed by atoms with van der Waals surface area (Å²) in [6.07, 6.45) is 0. The fourth-order valence-corrected chi connectivity index (χ4v) is 3.21. The summed E-state index contributed by atoms with van der Waals surface area (Å²) in [5.74, 6) is 0.354. The van der Waals surface area contributed by atoms with E-state index in [9.17, 15) is 4.79 Å². The van der Waals surface area contributed by atoms with E-state index < -0.39 is 0 Å².